The second kappa shape index (κ2) is 12.6. The number of nitrogens with one attached hydrogen (secondary N) is 1. The van der Waals surface area contributed by atoms with Crippen LogP contribution >= 0.6 is 27.3 Å². The Morgan fingerprint density at radius 3 is 2.46 bits per heavy atom. The first-order valence-corrected chi connectivity index (χ1v) is 15.4. The highest BCUT2D eigenvalue weighted by Crippen LogP contribution is 2.45. The first-order chi connectivity index (χ1) is 19.7. The van der Waals surface area contributed by atoms with E-state index in [2.05, 4.69) is 42.0 Å². The van der Waals surface area contributed by atoms with Crippen molar-refractivity contribution >= 4 is 50.1 Å². The molecule has 1 heterocycles. The third-order valence-corrected chi connectivity index (χ3v) is 9.42. The standard InChI is InChI=1S/C34H35BrN2O3S/c1-34(2,3)24-15-16-26-30(18-24)41-33(31(26)32(38)37-25-13-9-6-10-14-25)36-20-23-17-28(39-4)29(19-27(23)35)40-21-22-11-7-5-8-12-22/h5-14,17,19-20,24H,15-16,18,21H2,1-4H3,(H,37,38)/t24-/m1/s1. The summed E-state index contributed by atoms with van der Waals surface area (Å²) < 4.78 is 12.5. The van der Waals surface area contributed by atoms with Crippen LogP contribution in [-0.2, 0) is 19.4 Å². The molecule has 41 heavy (non-hydrogen) atoms. The summed E-state index contributed by atoms with van der Waals surface area (Å²) in [4.78, 5) is 19.8. The topological polar surface area (TPSA) is 59.9 Å². The molecule has 0 spiro atoms. The van der Waals surface area contributed by atoms with E-state index in [1.165, 1.54) is 4.88 Å². The largest absolute Gasteiger partial charge is 0.493 e. The lowest BCUT2D eigenvalue weighted by molar-refractivity contribution is 0.102. The van der Waals surface area contributed by atoms with E-state index in [1.807, 2.05) is 72.8 Å². The van der Waals surface area contributed by atoms with Crippen molar-refractivity contribution in [3.63, 3.8) is 0 Å². The second-order valence-electron chi connectivity index (χ2n) is 11.4. The van der Waals surface area contributed by atoms with E-state index in [4.69, 9.17) is 14.5 Å². The van der Waals surface area contributed by atoms with E-state index in [0.29, 0.717) is 29.6 Å². The molecular weight excluding hydrogens is 596 g/mol. The maximum absolute atomic E-state index is 13.6. The summed E-state index contributed by atoms with van der Waals surface area (Å²) in [6, 6.07) is 23.4. The molecule has 0 aliphatic heterocycles. The van der Waals surface area contributed by atoms with Crippen molar-refractivity contribution in [1.82, 2.24) is 0 Å². The number of thiophene rings is 1. The number of benzene rings is 3. The first kappa shape index (κ1) is 29.1. The molecule has 0 radical (unpaired) electrons. The zero-order chi connectivity index (χ0) is 29.0. The lowest BCUT2D eigenvalue weighted by Crippen LogP contribution is -2.27. The number of hydrogen-bond acceptors (Lipinski definition) is 5. The number of aliphatic imine (C=N–C) groups is 1. The molecule has 1 aliphatic carbocycles. The summed E-state index contributed by atoms with van der Waals surface area (Å²) in [5.74, 6) is 1.71. The molecule has 5 rings (SSSR count). The lowest BCUT2D eigenvalue weighted by atomic mass is 9.72. The van der Waals surface area contributed by atoms with Crippen LogP contribution in [0.2, 0.25) is 0 Å². The van der Waals surface area contributed by atoms with Gasteiger partial charge in [0.2, 0.25) is 0 Å². The van der Waals surface area contributed by atoms with Crippen molar-refractivity contribution < 1.29 is 14.3 Å². The van der Waals surface area contributed by atoms with Crippen LogP contribution < -0.4 is 14.8 Å². The van der Waals surface area contributed by atoms with E-state index in [-0.39, 0.29) is 11.3 Å². The summed E-state index contributed by atoms with van der Waals surface area (Å²) in [6.07, 6.45) is 4.71. The number of carbonyl (C=O) groups is 1. The SMILES string of the molecule is COc1cc(C=Nc2sc3c(c2C(=O)Nc2ccccc2)CC[C@@H](C(C)(C)C)C3)c(Br)cc1OCc1ccccc1. The number of anilines is 1. The quantitative estimate of drug-likeness (QED) is 0.197. The molecule has 1 aliphatic rings. The van der Waals surface area contributed by atoms with Crippen molar-refractivity contribution in [2.45, 2.75) is 46.6 Å². The zero-order valence-corrected chi connectivity index (χ0v) is 26.3. The van der Waals surface area contributed by atoms with Gasteiger partial charge in [-0.25, -0.2) is 4.99 Å². The minimum Gasteiger partial charge on any atom is -0.493 e. The normalized spacial score (nSPS) is 15.0. The summed E-state index contributed by atoms with van der Waals surface area (Å²) in [5.41, 5.74) is 4.72. The molecule has 0 unspecified atom stereocenters. The molecule has 0 saturated carbocycles. The van der Waals surface area contributed by atoms with Crippen molar-refractivity contribution in [1.29, 1.82) is 0 Å². The van der Waals surface area contributed by atoms with Gasteiger partial charge in [0.25, 0.3) is 5.91 Å². The molecule has 1 amide bonds. The maximum atomic E-state index is 13.6. The number of methoxy groups -OCH3 is 1. The molecular formula is C34H35BrN2O3S. The Bertz CT molecular complexity index is 1540. The fourth-order valence-corrected chi connectivity index (χ4v) is 6.83. The Balaban J connectivity index is 1.45. The minimum absolute atomic E-state index is 0.114. The highest BCUT2D eigenvalue weighted by molar-refractivity contribution is 9.10. The summed E-state index contributed by atoms with van der Waals surface area (Å²) in [6.45, 7) is 7.34. The van der Waals surface area contributed by atoms with Crippen LogP contribution in [0.4, 0.5) is 10.7 Å². The number of amides is 1. The monoisotopic (exact) mass is 630 g/mol. The van der Waals surface area contributed by atoms with Crippen LogP contribution in [0.3, 0.4) is 0 Å². The van der Waals surface area contributed by atoms with E-state index < -0.39 is 0 Å². The number of hydrogen-bond donors (Lipinski definition) is 1. The molecule has 1 N–H and O–H groups in total. The summed E-state index contributed by atoms with van der Waals surface area (Å²) in [7, 11) is 1.63. The highest BCUT2D eigenvalue weighted by atomic mass is 79.9. The van der Waals surface area contributed by atoms with Gasteiger partial charge in [-0.1, -0.05) is 69.3 Å². The zero-order valence-electron chi connectivity index (χ0n) is 23.9. The van der Waals surface area contributed by atoms with Crippen molar-refractivity contribution in [3.8, 4) is 11.5 Å². The second-order valence-corrected chi connectivity index (χ2v) is 13.3. The molecule has 212 valence electrons. The molecule has 5 nitrogen and oxygen atoms in total. The van der Waals surface area contributed by atoms with E-state index in [1.54, 1.807) is 24.7 Å². The van der Waals surface area contributed by atoms with Crippen molar-refractivity contribution in [2.24, 2.45) is 16.3 Å². The number of rotatable bonds is 8. The lowest BCUT2D eigenvalue weighted by Gasteiger charge is -2.33. The van der Waals surface area contributed by atoms with Crippen LogP contribution in [0, 0.1) is 11.3 Å². The maximum Gasteiger partial charge on any atom is 0.259 e. The third-order valence-electron chi connectivity index (χ3n) is 7.57. The van der Waals surface area contributed by atoms with E-state index >= 15 is 0 Å². The van der Waals surface area contributed by atoms with Gasteiger partial charge in [0, 0.05) is 26.8 Å². The smallest absolute Gasteiger partial charge is 0.259 e. The Morgan fingerprint density at radius 2 is 1.78 bits per heavy atom. The molecule has 4 aromatic rings. The van der Waals surface area contributed by atoms with Gasteiger partial charge in [-0.3, -0.25) is 4.79 Å². The van der Waals surface area contributed by atoms with Crippen LogP contribution in [0.1, 0.15) is 59.1 Å². The Kier molecular flexibility index (Phi) is 8.95. The predicted molar refractivity (Wildman–Crippen MR) is 172 cm³/mol. The van der Waals surface area contributed by atoms with Gasteiger partial charge in [0.05, 0.1) is 12.7 Å². The predicted octanol–water partition coefficient (Wildman–Crippen LogP) is 9.25. The number of ether oxygens (including phenoxy) is 2. The first-order valence-electron chi connectivity index (χ1n) is 13.8. The molecule has 3 aromatic carbocycles. The molecule has 0 saturated heterocycles. The number of carbonyl (C=O) groups excluding carboxylic acids is 1. The molecule has 0 fully saturated rings. The van der Waals surface area contributed by atoms with Gasteiger partial charge in [-0.2, -0.15) is 0 Å². The number of para-hydroxylation sites is 1. The minimum atomic E-state index is -0.114. The molecule has 1 aromatic heterocycles. The van der Waals surface area contributed by atoms with Gasteiger partial charge in [-0.15, -0.1) is 11.3 Å². The Morgan fingerprint density at radius 1 is 1.07 bits per heavy atom. The Hall–Kier alpha value is -3.42. The van der Waals surface area contributed by atoms with Gasteiger partial charge >= 0.3 is 0 Å². The number of halogens is 1. The van der Waals surface area contributed by atoms with Crippen LogP contribution in [0.5, 0.6) is 11.5 Å². The average Bonchev–Trinajstić information content (AvgIpc) is 3.34. The van der Waals surface area contributed by atoms with Crippen molar-refractivity contribution in [3.05, 3.63) is 104 Å². The Labute approximate surface area is 254 Å². The number of fused-ring (bicyclic) bond motifs is 1. The fraction of sp³-hybridized carbons (Fsp3) is 0.294. The van der Waals surface area contributed by atoms with Gasteiger partial charge in [0.15, 0.2) is 11.5 Å². The van der Waals surface area contributed by atoms with E-state index in [0.717, 1.165) is 51.1 Å². The van der Waals surface area contributed by atoms with Gasteiger partial charge in [-0.05, 0) is 81.9 Å². The average molecular weight is 632 g/mol. The van der Waals surface area contributed by atoms with Crippen molar-refractivity contribution in [2.75, 3.05) is 12.4 Å². The molecule has 0 bridgehead atoms. The van der Waals surface area contributed by atoms with Crippen LogP contribution in [0.15, 0.2) is 82.3 Å². The van der Waals surface area contributed by atoms with E-state index in [9.17, 15) is 4.79 Å². The number of nitrogens with zero attached hydrogens (tertiary/aromatic N) is 1. The highest BCUT2D eigenvalue weighted by Gasteiger charge is 2.33. The summed E-state index contributed by atoms with van der Waals surface area (Å²) in [5, 5.41) is 3.82. The molecule has 7 heteroatoms. The third kappa shape index (κ3) is 6.91. The van der Waals surface area contributed by atoms with Crippen LogP contribution in [-0.4, -0.2) is 19.2 Å². The summed E-state index contributed by atoms with van der Waals surface area (Å²) >= 11 is 5.32. The van der Waals surface area contributed by atoms with Gasteiger partial charge < -0.3 is 14.8 Å². The fourth-order valence-electron chi connectivity index (χ4n) is 5.14. The molecule has 1 atom stereocenters. The van der Waals surface area contributed by atoms with Gasteiger partial charge in [0.1, 0.15) is 11.6 Å². The van der Waals surface area contributed by atoms with Crippen LogP contribution in [0.25, 0.3) is 0 Å².